The highest BCUT2D eigenvalue weighted by atomic mass is 16.5. The van der Waals surface area contributed by atoms with Crippen LogP contribution in [0.3, 0.4) is 0 Å². The van der Waals surface area contributed by atoms with Gasteiger partial charge in [0.2, 0.25) is 0 Å². The second kappa shape index (κ2) is 9.79. The Morgan fingerprint density at radius 3 is 2.26 bits per heavy atom. The molecule has 2 rings (SSSR count). The molecule has 6 nitrogen and oxygen atoms in total. The molecule has 0 aliphatic rings. The minimum absolute atomic E-state index is 0.176. The van der Waals surface area contributed by atoms with Crippen LogP contribution in [0.4, 0.5) is 5.69 Å². The smallest absolute Gasteiger partial charge is 0.255 e. The normalized spacial score (nSPS) is 9.22. The summed E-state index contributed by atoms with van der Waals surface area (Å²) in [6.07, 6.45) is 0. The van der Waals surface area contributed by atoms with E-state index < -0.39 is 0 Å². The summed E-state index contributed by atoms with van der Waals surface area (Å²) in [7, 11) is 0. The summed E-state index contributed by atoms with van der Waals surface area (Å²) >= 11 is 0. The van der Waals surface area contributed by atoms with Gasteiger partial charge in [-0.25, -0.2) is 0 Å². The molecule has 0 fully saturated rings. The van der Waals surface area contributed by atoms with Crippen LogP contribution in [0.15, 0.2) is 48.5 Å². The van der Waals surface area contributed by atoms with Gasteiger partial charge < -0.3 is 14.8 Å². The predicted octanol–water partition coefficient (Wildman–Crippen LogP) is 3.77. The van der Waals surface area contributed by atoms with Crippen molar-refractivity contribution in [3.05, 3.63) is 54.1 Å². The van der Waals surface area contributed by atoms with Crippen molar-refractivity contribution in [2.75, 3.05) is 18.5 Å². The van der Waals surface area contributed by atoms with E-state index in [1.807, 2.05) is 38.1 Å². The Morgan fingerprint density at radius 2 is 1.65 bits per heavy atom. The zero-order valence-corrected chi connectivity index (χ0v) is 13.2. The van der Waals surface area contributed by atoms with Gasteiger partial charge in [0.25, 0.3) is 5.91 Å². The third kappa shape index (κ3) is 5.32. The molecule has 0 radical (unpaired) electrons. The fourth-order valence-corrected chi connectivity index (χ4v) is 1.93. The molecule has 1 N–H and O–H groups in total. The second-order valence-corrected chi connectivity index (χ2v) is 4.34. The van der Waals surface area contributed by atoms with Crippen LogP contribution in [0.25, 0.3) is 0 Å². The van der Waals surface area contributed by atoms with Gasteiger partial charge in [0, 0.05) is 22.4 Å². The van der Waals surface area contributed by atoms with Crippen LogP contribution < -0.4 is 14.8 Å². The van der Waals surface area contributed by atoms with Gasteiger partial charge >= 0.3 is 0 Å². The number of amides is 1. The van der Waals surface area contributed by atoms with Crippen molar-refractivity contribution in [3.63, 3.8) is 0 Å². The van der Waals surface area contributed by atoms with E-state index in [1.165, 1.54) is 0 Å². The fourth-order valence-electron chi connectivity index (χ4n) is 1.93. The van der Waals surface area contributed by atoms with E-state index in [4.69, 9.17) is 20.3 Å². The van der Waals surface area contributed by atoms with Crippen LogP contribution in [0.2, 0.25) is 0 Å². The van der Waals surface area contributed by atoms with Crippen LogP contribution in [-0.2, 0) is 0 Å². The van der Waals surface area contributed by atoms with Gasteiger partial charge in [-0.2, -0.15) is 0 Å². The van der Waals surface area contributed by atoms with Gasteiger partial charge in [0.05, 0.1) is 18.9 Å². The Morgan fingerprint density at radius 1 is 1.00 bits per heavy atom. The van der Waals surface area contributed by atoms with Gasteiger partial charge in [0.1, 0.15) is 11.5 Å². The maximum Gasteiger partial charge on any atom is 0.255 e. The van der Waals surface area contributed by atoms with E-state index in [9.17, 15) is 4.79 Å². The van der Waals surface area contributed by atoms with Crippen molar-refractivity contribution >= 4 is 11.6 Å². The van der Waals surface area contributed by atoms with E-state index in [-0.39, 0.29) is 5.91 Å². The van der Waals surface area contributed by atoms with Crippen molar-refractivity contribution in [1.82, 2.24) is 0 Å². The first-order valence-electron chi connectivity index (χ1n) is 7.20. The van der Waals surface area contributed by atoms with Gasteiger partial charge in [-0.1, -0.05) is 18.2 Å². The summed E-state index contributed by atoms with van der Waals surface area (Å²) in [5.41, 5.74) is 1.21. The van der Waals surface area contributed by atoms with Crippen molar-refractivity contribution in [3.8, 4) is 11.5 Å². The van der Waals surface area contributed by atoms with E-state index in [0.29, 0.717) is 36.0 Å². The Labute approximate surface area is 135 Å². The molecule has 0 saturated carbocycles. The summed E-state index contributed by atoms with van der Waals surface area (Å²) in [6.45, 7) is 4.92. The van der Waals surface area contributed by atoms with Gasteiger partial charge in [-0.05, 0) is 38.1 Å². The fraction of sp³-hybridized carbons (Fsp3) is 0.235. The molecule has 120 valence electrons. The molecule has 23 heavy (non-hydrogen) atoms. The summed E-state index contributed by atoms with van der Waals surface area (Å²) in [6, 6.07) is 14.5. The number of carbonyl (C=O) groups excluding carboxylic acids is 1. The monoisotopic (exact) mass is 313 g/mol. The third-order valence-corrected chi connectivity index (χ3v) is 2.85. The number of carbonyl (C=O) groups is 1. The van der Waals surface area contributed by atoms with E-state index in [2.05, 4.69) is 5.32 Å². The average molecular weight is 313 g/mol. The number of nitrogens with one attached hydrogen (secondary N) is 1. The van der Waals surface area contributed by atoms with Crippen LogP contribution in [0, 0.1) is 10.8 Å². The molecule has 0 heterocycles. The van der Waals surface area contributed by atoms with Crippen molar-refractivity contribution < 1.29 is 14.3 Å². The molecule has 2 aromatic rings. The lowest BCUT2D eigenvalue weighted by molar-refractivity contribution is 0.102. The van der Waals surface area contributed by atoms with Crippen LogP contribution in [0.1, 0.15) is 24.2 Å². The number of hydrogen-bond acceptors (Lipinski definition) is 5. The summed E-state index contributed by atoms with van der Waals surface area (Å²) < 4.78 is 11.0. The van der Waals surface area contributed by atoms with Crippen molar-refractivity contribution in [1.29, 1.82) is 10.8 Å². The number of nitrogens with zero attached hydrogens (tertiary/aromatic N) is 2. The van der Waals surface area contributed by atoms with E-state index in [0.717, 1.165) is 0 Å². The Balaban J connectivity index is 0.00000127. The summed E-state index contributed by atoms with van der Waals surface area (Å²) in [4.78, 5) is 12.2. The topological polar surface area (TPSA) is 95.1 Å². The van der Waals surface area contributed by atoms with Gasteiger partial charge in [0.15, 0.2) is 0 Å². The zero-order valence-electron chi connectivity index (χ0n) is 13.2. The molecule has 0 bridgehead atoms. The van der Waals surface area contributed by atoms with Crippen LogP contribution >= 0.6 is 0 Å². The van der Waals surface area contributed by atoms with Crippen LogP contribution in [-0.4, -0.2) is 19.1 Å². The van der Waals surface area contributed by atoms with Crippen molar-refractivity contribution in [2.24, 2.45) is 0 Å². The number of hydrogen-bond donors (Lipinski definition) is 1. The summed E-state index contributed by atoms with van der Waals surface area (Å²) in [5, 5.41) is 14.9. The SMILES string of the molecule is CCOc1ccc(OCC)c(NC(=O)c2ccccc2)c1.N#N. The Kier molecular flexibility index (Phi) is 7.65. The van der Waals surface area contributed by atoms with Crippen molar-refractivity contribution in [2.45, 2.75) is 13.8 Å². The summed E-state index contributed by atoms with van der Waals surface area (Å²) in [5.74, 6) is 1.15. The quantitative estimate of drug-likeness (QED) is 0.819. The Bertz CT molecular complexity index is 642. The standard InChI is InChI=1S/C17H19NO3.N2/c1-3-20-14-10-11-16(21-4-2)15(12-14)18-17(19)13-8-6-5-7-9-13;1-2/h5-12H,3-4H2,1-2H3,(H,18,19);. The van der Waals surface area contributed by atoms with Gasteiger partial charge in [-0.15, -0.1) is 0 Å². The maximum atomic E-state index is 12.2. The molecule has 2 aromatic carbocycles. The molecule has 0 aliphatic heterocycles. The molecule has 0 aliphatic carbocycles. The predicted molar refractivity (Wildman–Crippen MR) is 86.6 cm³/mol. The molecule has 0 atom stereocenters. The highest BCUT2D eigenvalue weighted by Gasteiger charge is 2.11. The first-order chi connectivity index (χ1) is 11.2. The van der Waals surface area contributed by atoms with Crippen LogP contribution in [0.5, 0.6) is 11.5 Å². The molecular weight excluding hydrogens is 294 g/mol. The number of ether oxygens (including phenoxy) is 2. The molecular formula is C17H19N3O3. The lowest BCUT2D eigenvalue weighted by atomic mass is 10.2. The zero-order chi connectivity index (χ0) is 17.1. The number of anilines is 1. The lowest BCUT2D eigenvalue weighted by Gasteiger charge is -2.13. The average Bonchev–Trinajstić information content (AvgIpc) is 2.60. The highest BCUT2D eigenvalue weighted by Crippen LogP contribution is 2.29. The first-order valence-corrected chi connectivity index (χ1v) is 7.20. The number of benzene rings is 2. The molecule has 0 aromatic heterocycles. The number of rotatable bonds is 6. The molecule has 6 heteroatoms. The highest BCUT2D eigenvalue weighted by molar-refractivity contribution is 6.05. The lowest BCUT2D eigenvalue weighted by Crippen LogP contribution is -2.13. The van der Waals surface area contributed by atoms with Gasteiger partial charge in [-0.3, -0.25) is 4.79 Å². The molecule has 0 saturated heterocycles. The Hall–Kier alpha value is -3.07. The molecule has 0 spiro atoms. The maximum absolute atomic E-state index is 12.2. The second-order valence-electron chi connectivity index (χ2n) is 4.34. The minimum Gasteiger partial charge on any atom is -0.494 e. The molecule has 0 unspecified atom stereocenters. The van der Waals surface area contributed by atoms with E-state index in [1.54, 1.807) is 24.3 Å². The third-order valence-electron chi connectivity index (χ3n) is 2.85. The minimum atomic E-state index is -0.176. The van der Waals surface area contributed by atoms with E-state index >= 15 is 0 Å². The molecule has 1 amide bonds. The largest absolute Gasteiger partial charge is 0.494 e. The first kappa shape index (κ1) is 18.0.